The second-order valence-corrected chi connectivity index (χ2v) is 7.93. The van der Waals surface area contributed by atoms with Crippen molar-refractivity contribution < 1.29 is 9.53 Å². The molecule has 0 N–H and O–H groups in total. The number of nitrogens with zero attached hydrogens (tertiary/aromatic N) is 1. The van der Waals surface area contributed by atoms with Crippen molar-refractivity contribution in [2.75, 3.05) is 13.1 Å². The van der Waals surface area contributed by atoms with Crippen LogP contribution in [0.1, 0.15) is 57.6 Å². The van der Waals surface area contributed by atoms with E-state index in [2.05, 4.69) is 31.2 Å². The Kier molecular flexibility index (Phi) is 3.70. The van der Waals surface area contributed by atoms with Gasteiger partial charge in [0.25, 0.3) is 0 Å². The number of benzene rings is 1. The van der Waals surface area contributed by atoms with E-state index in [-0.39, 0.29) is 6.09 Å². The predicted octanol–water partition coefficient (Wildman–Crippen LogP) is 4.36. The van der Waals surface area contributed by atoms with E-state index in [9.17, 15) is 4.79 Å². The lowest BCUT2D eigenvalue weighted by molar-refractivity contribution is 0.00847. The third-order valence-corrected chi connectivity index (χ3v) is 5.39. The summed E-state index contributed by atoms with van der Waals surface area (Å²) in [7, 11) is 0. The number of likely N-dealkylation sites (tertiary alicyclic amines) is 1. The summed E-state index contributed by atoms with van der Waals surface area (Å²) in [6.45, 7) is 9.75. The quantitative estimate of drug-likeness (QED) is 0.712. The first-order chi connectivity index (χ1) is 10.3. The van der Waals surface area contributed by atoms with Crippen LogP contribution in [0.3, 0.4) is 0 Å². The van der Waals surface area contributed by atoms with Crippen molar-refractivity contribution in [3.8, 4) is 0 Å². The molecule has 1 aliphatic carbocycles. The molecule has 22 heavy (non-hydrogen) atoms. The van der Waals surface area contributed by atoms with Crippen molar-refractivity contribution >= 4 is 6.09 Å². The van der Waals surface area contributed by atoms with Gasteiger partial charge in [-0.15, -0.1) is 0 Å². The van der Waals surface area contributed by atoms with Crippen molar-refractivity contribution in [2.24, 2.45) is 5.41 Å². The van der Waals surface area contributed by atoms with Crippen LogP contribution in [0.25, 0.3) is 0 Å². The summed E-state index contributed by atoms with van der Waals surface area (Å²) in [4.78, 5) is 14.1. The van der Waals surface area contributed by atoms with E-state index >= 15 is 0 Å². The normalized spacial score (nSPS) is 23.5. The van der Waals surface area contributed by atoms with Gasteiger partial charge >= 0.3 is 6.09 Å². The standard InChI is InChI=1S/C19H27NO2/c1-14-16-8-6-5-7-15(16)13-19(14)9-11-20(12-10-19)17(21)22-18(2,3)4/h5-8,14H,9-13H2,1-4H3/t14-/m1/s1. The van der Waals surface area contributed by atoms with E-state index in [1.165, 1.54) is 11.1 Å². The first kappa shape index (κ1) is 15.4. The van der Waals surface area contributed by atoms with Gasteiger partial charge < -0.3 is 9.64 Å². The van der Waals surface area contributed by atoms with Gasteiger partial charge in [0.1, 0.15) is 5.60 Å². The Balaban J connectivity index is 1.67. The first-order valence-corrected chi connectivity index (χ1v) is 8.36. The highest BCUT2D eigenvalue weighted by Gasteiger charge is 2.46. The van der Waals surface area contributed by atoms with Crippen molar-refractivity contribution in [1.82, 2.24) is 4.90 Å². The number of carbonyl (C=O) groups excluding carboxylic acids is 1. The lowest BCUT2D eigenvalue weighted by Gasteiger charge is -2.42. The van der Waals surface area contributed by atoms with Crippen molar-refractivity contribution in [1.29, 1.82) is 0 Å². The molecule has 3 rings (SSSR count). The number of ether oxygens (including phenoxy) is 1. The third kappa shape index (κ3) is 2.73. The molecule has 1 aliphatic heterocycles. The summed E-state index contributed by atoms with van der Waals surface area (Å²) in [5.41, 5.74) is 2.93. The number of fused-ring (bicyclic) bond motifs is 1. The van der Waals surface area contributed by atoms with Crippen LogP contribution in [0, 0.1) is 5.41 Å². The molecular formula is C19H27NO2. The number of amides is 1. The number of rotatable bonds is 0. The average Bonchev–Trinajstić information content (AvgIpc) is 2.71. The zero-order valence-electron chi connectivity index (χ0n) is 14.2. The minimum atomic E-state index is -0.414. The molecule has 0 unspecified atom stereocenters. The van der Waals surface area contributed by atoms with E-state index in [0.717, 1.165) is 32.4 Å². The molecule has 0 saturated carbocycles. The van der Waals surface area contributed by atoms with Gasteiger partial charge in [-0.05, 0) is 62.5 Å². The zero-order valence-corrected chi connectivity index (χ0v) is 14.2. The predicted molar refractivity (Wildman–Crippen MR) is 88.0 cm³/mol. The van der Waals surface area contributed by atoms with Crippen LogP contribution in [-0.2, 0) is 11.2 Å². The van der Waals surface area contributed by atoms with E-state index in [1.54, 1.807) is 0 Å². The Morgan fingerprint density at radius 2 is 1.86 bits per heavy atom. The van der Waals surface area contributed by atoms with Crippen LogP contribution < -0.4 is 0 Å². The highest BCUT2D eigenvalue weighted by Crippen LogP contribution is 2.52. The van der Waals surface area contributed by atoms with E-state index in [0.29, 0.717) is 11.3 Å². The summed E-state index contributed by atoms with van der Waals surface area (Å²) in [5.74, 6) is 0.587. The molecule has 2 aliphatic rings. The summed E-state index contributed by atoms with van der Waals surface area (Å²) in [6, 6.07) is 8.82. The highest BCUT2D eigenvalue weighted by atomic mass is 16.6. The zero-order chi connectivity index (χ0) is 16.0. The van der Waals surface area contributed by atoms with Crippen LogP contribution >= 0.6 is 0 Å². The molecule has 1 saturated heterocycles. The molecule has 1 fully saturated rings. The minimum Gasteiger partial charge on any atom is -0.444 e. The molecular weight excluding hydrogens is 274 g/mol. The maximum atomic E-state index is 12.2. The van der Waals surface area contributed by atoms with E-state index in [1.807, 2.05) is 25.7 Å². The summed E-state index contributed by atoms with van der Waals surface area (Å²) in [5, 5.41) is 0. The first-order valence-electron chi connectivity index (χ1n) is 8.36. The van der Waals surface area contributed by atoms with Gasteiger partial charge in [-0.25, -0.2) is 4.79 Å². The molecule has 0 aromatic heterocycles. The molecule has 0 radical (unpaired) electrons. The van der Waals surface area contributed by atoms with Crippen molar-refractivity contribution in [3.05, 3.63) is 35.4 Å². The van der Waals surface area contributed by atoms with Gasteiger partial charge in [0.15, 0.2) is 0 Å². The monoisotopic (exact) mass is 301 g/mol. The lowest BCUT2D eigenvalue weighted by Crippen LogP contribution is -2.46. The molecule has 1 amide bonds. The number of hydrogen-bond acceptors (Lipinski definition) is 2. The lowest BCUT2D eigenvalue weighted by atomic mass is 9.70. The second-order valence-electron chi connectivity index (χ2n) is 7.93. The van der Waals surface area contributed by atoms with Gasteiger partial charge in [0, 0.05) is 13.1 Å². The van der Waals surface area contributed by atoms with Gasteiger partial charge in [-0.1, -0.05) is 31.2 Å². The number of carbonyl (C=O) groups is 1. The molecule has 3 nitrogen and oxygen atoms in total. The maximum absolute atomic E-state index is 12.2. The van der Waals surface area contributed by atoms with Crippen LogP contribution in [0.2, 0.25) is 0 Å². The van der Waals surface area contributed by atoms with Gasteiger partial charge in [0.05, 0.1) is 0 Å². The van der Waals surface area contributed by atoms with Crippen LogP contribution in [-0.4, -0.2) is 29.7 Å². The fourth-order valence-electron chi connectivity index (χ4n) is 4.05. The number of piperidine rings is 1. The maximum Gasteiger partial charge on any atom is 0.410 e. The molecule has 1 spiro atoms. The Bertz CT molecular complexity index is 565. The Labute approximate surface area is 133 Å². The third-order valence-electron chi connectivity index (χ3n) is 5.39. The van der Waals surface area contributed by atoms with E-state index in [4.69, 9.17) is 4.74 Å². The molecule has 1 aromatic rings. The Morgan fingerprint density at radius 3 is 2.45 bits per heavy atom. The summed E-state index contributed by atoms with van der Waals surface area (Å²) < 4.78 is 5.50. The van der Waals surface area contributed by atoms with E-state index < -0.39 is 5.60 Å². The second kappa shape index (κ2) is 5.29. The number of hydrogen-bond donors (Lipinski definition) is 0. The van der Waals surface area contributed by atoms with Gasteiger partial charge in [-0.3, -0.25) is 0 Å². The van der Waals surface area contributed by atoms with Gasteiger partial charge in [-0.2, -0.15) is 0 Å². The van der Waals surface area contributed by atoms with Crippen molar-refractivity contribution in [2.45, 2.75) is 58.5 Å². The largest absolute Gasteiger partial charge is 0.444 e. The Morgan fingerprint density at radius 1 is 1.23 bits per heavy atom. The fourth-order valence-corrected chi connectivity index (χ4v) is 4.05. The molecule has 1 heterocycles. The topological polar surface area (TPSA) is 29.5 Å². The van der Waals surface area contributed by atoms with Gasteiger partial charge in [0.2, 0.25) is 0 Å². The molecule has 0 bridgehead atoms. The van der Waals surface area contributed by atoms with Crippen LogP contribution in [0.15, 0.2) is 24.3 Å². The summed E-state index contributed by atoms with van der Waals surface area (Å²) >= 11 is 0. The Hall–Kier alpha value is -1.51. The summed E-state index contributed by atoms with van der Waals surface area (Å²) in [6.07, 6.45) is 3.14. The molecule has 1 aromatic carbocycles. The molecule has 1 atom stereocenters. The highest BCUT2D eigenvalue weighted by molar-refractivity contribution is 5.68. The fraction of sp³-hybridized carbons (Fsp3) is 0.632. The smallest absolute Gasteiger partial charge is 0.410 e. The molecule has 3 heteroatoms. The van der Waals surface area contributed by atoms with Crippen LogP contribution in [0.4, 0.5) is 4.79 Å². The van der Waals surface area contributed by atoms with Crippen LogP contribution in [0.5, 0.6) is 0 Å². The molecule has 120 valence electrons. The van der Waals surface area contributed by atoms with Crippen molar-refractivity contribution in [3.63, 3.8) is 0 Å². The average molecular weight is 301 g/mol. The minimum absolute atomic E-state index is 0.162. The SMILES string of the molecule is C[C@@H]1c2ccccc2CC12CCN(C(=O)OC(C)(C)C)CC2.